The van der Waals surface area contributed by atoms with Gasteiger partial charge in [-0.15, -0.1) is 0 Å². The minimum Gasteiger partial charge on any atom is -0.299 e. The summed E-state index contributed by atoms with van der Waals surface area (Å²) in [5.74, 6) is 0.638. The van der Waals surface area contributed by atoms with E-state index in [0.717, 1.165) is 0 Å². The molecule has 0 saturated carbocycles. The average molecular weight is 395 g/mol. The number of carbonyl (C=O) groups excluding carboxylic acids is 1. The van der Waals surface area contributed by atoms with E-state index >= 15 is 0 Å². The van der Waals surface area contributed by atoms with Gasteiger partial charge in [0.2, 0.25) is 0 Å². The van der Waals surface area contributed by atoms with Gasteiger partial charge in [0.15, 0.2) is 0 Å². The van der Waals surface area contributed by atoms with E-state index in [-0.39, 0.29) is 0 Å². The van der Waals surface area contributed by atoms with Crippen LogP contribution in [0.5, 0.6) is 0 Å². The molecule has 0 unspecified atom stereocenters. The van der Waals surface area contributed by atoms with Crippen molar-refractivity contribution in [3.05, 3.63) is 11.1 Å². The quantitative estimate of drug-likeness (QED) is 0.185. The fraction of sp³-hybridized carbons (Fsp3) is 0.870. The van der Waals surface area contributed by atoms with Gasteiger partial charge in [0.05, 0.1) is 16.1 Å². The minimum absolute atomic E-state index is 0.307. The first kappa shape index (κ1) is 23.9. The third-order valence-electron chi connectivity index (χ3n) is 6.01. The van der Waals surface area contributed by atoms with Crippen molar-refractivity contribution in [2.75, 3.05) is 0 Å². The Hall–Kier alpha value is -0.156. The minimum atomic E-state index is -1.52. The van der Waals surface area contributed by atoms with Crippen LogP contribution in [0.1, 0.15) is 78.1 Å². The molecule has 0 heterocycles. The van der Waals surface area contributed by atoms with Gasteiger partial charge in [0.1, 0.15) is 5.78 Å². The van der Waals surface area contributed by atoms with E-state index in [4.69, 9.17) is 0 Å². The van der Waals surface area contributed by atoms with Crippen LogP contribution in [0.25, 0.3) is 0 Å². The van der Waals surface area contributed by atoms with Gasteiger partial charge in [-0.2, -0.15) is 0 Å². The topological polar surface area (TPSA) is 17.1 Å². The Morgan fingerprint density at radius 3 is 1.23 bits per heavy atom. The van der Waals surface area contributed by atoms with Gasteiger partial charge >= 0.3 is 0 Å². The molecule has 0 amide bonds. The molecule has 0 aromatic rings. The predicted molar refractivity (Wildman–Crippen MR) is 124 cm³/mol. The Morgan fingerprint density at radius 1 is 0.615 bits per heavy atom. The molecule has 0 radical (unpaired) electrons. The molecule has 0 fully saturated rings. The maximum absolute atomic E-state index is 13.6. The molecule has 0 saturated heterocycles. The second-order valence-corrected chi connectivity index (χ2v) is 21.3. The lowest BCUT2D eigenvalue weighted by Crippen LogP contribution is -2.38. The Bertz CT molecular complexity index is 437. The van der Waals surface area contributed by atoms with E-state index in [1.54, 1.807) is 11.1 Å². The van der Waals surface area contributed by atoms with Gasteiger partial charge < -0.3 is 0 Å². The smallest absolute Gasteiger partial charge is 0.141 e. The molecule has 1 nitrogen and oxygen atoms in total. The zero-order valence-electron chi connectivity index (χ0n) is 19.1. The van der Waals surface area contributed by atoms with Crippen LogP contribution in [0.15, 0.2) is 11.1 Å². The Balaban J connectivity index is 3.17. The van der Waals surface area contributed by atoms with Crippen LogP contribution in [0.3, 0.4) is 0 Å². The lowest BCUT2D eigenvalue weighted by Gasteiger charge is -2.30. The summed E-state index contributed by atoms with van der Waals surface area (Å²) in [5.41, 5.74) is 3.88. The lowest BCUT2D eigenvalue weighted by atomic mass is 9.99. The first-order valence-electron chi connectivity index (χ1n) is 11.3. The standard InChI is InChI=1S/C23H46OSi2/c1-9-11-13-15-17-19-20(18-16-14-12-10-2)23(26(6,7)8)21(24)22(19)25(3,4)5/h22-23H,9-18H2,1-8H3/t22-,23+. The molecule has 0 aromatic heterocycles. The third kappa shape index (κ3) is 6.47. The first-order chi connectivity index (χ1) is 12.1. The number of hydrogen-bond acceptors (Lipinski definition) is 1. The molecule has 0 N–H and O–H groups in total. The zero-order chi connectivity index (χ0) is 20.0. The van der Waals surface area contributed by atoms with Crippen LogP contribution >= 0.6 is 0 Å². The molecule has 0 spiro atoms. The highest BCUT2D eigenvalue weighted by molar-refractivity contribution is 6.86. The number of hydrogen-bond donors (Lipinski definition) is 0. The largest absolute Gasteiger partial charge is 0.299 e. The summed E-state index contributed by atoms with van der Waals surface area (Å²) in [6.07, 6.45) is 12.9. The Morgan fingerprint density at radius 2 is 0.962 bits per heavy atom. The molecule has 152 valence electrons. The molecule has 3 heteroatoms. The maximum atomic E-state index is 13.6. The average Bonchev–Trinajstić information content (AvgIpc) is 2.80. The molecular weight excluding hydrogens is 348 g/mol. The monoisotopic (exact) mass is 394 g/mol. The third-order valence-corrected chi connectivity index (χ3v) is 10.7. The number of Topliss-reactive ketones (excluding diaryl/α,β-unsaturated/α-hetero) is 1. The normalized spacial score (nSPS) is 21.8. The molecule has 0 aliphatic heterocycles. The van der Waals surface area contributed by atoms with E-state index in [1.165, 1.54) is 64.2 Å². The second-order valence-electron chi connectivity index (χ2n) is 10.7. The fourth-order valence-electron chi connectivity index (χ4n) is 4.87. The second kappa shape index (κ2) is 10.4. The van der Waals surface area contributed by atoms with Crippen molar-refractivity contribution in [1.29, 1.82) is 0 Å². The number of rotatable bonds is 12. The van der Waals surface area contributed by atoms with E-state index in [9.17, 15) is 4.79 Å². The van der Waals surface area contributed by atoms with Crippen molar-refractivity contribution in [1.82, 2.24) is 0 Å². The van der Waals surface area contributed by atoms with E-state index in [1.807, 2.05) is 0 Å². The highest BCUT2D eigenvalue weighted by atomic mass is 28.3. The van der Waals surface area contributed by atoms with Gasteiger partial charge in [-0.3, -0.25) is 4.79 Å². The van der Waals surface area contributed by atoms with Gasteiger partial charge in [-0.25, -0.2) is 0 Å². The summed E-state index contributed by atoms with van der Waals surface area (Å²) in [6, 6.07) is 0. The highest BCUT2D eigenvalue weighted by Crippen LogP contribution is 2.53. The molecule has 26 heavy (non-hydrogen) atoms. The number of carbonyl (C=O) groups is 1. The number of unbranched alkanes of at least 4 members (excludes halogenated alkanes) is 6. The Kier molecular flexibility index (Phi) is 9.56. The fourth-order valence-corrected chi connectivity index (χ4v) is 9.83. The van der Waals surface area contributed by atoms with Gasteiger partial charge in [-0.1, -0.05) is 103 Å². The molecule has 1 rings (SSSR count). The van der Waals surface area contributed by atoms with Crippen LogP contribution in [0.2, 0.25) is 50.4 Å². The number of ketones is 1. The van der Waals surface area contributed by atoms with Crippen molar-refractivity contribution in [3.63, 3.8) is 0 Å². The summed E-state index contributed by atoms with van der Waals surface area (Å²) in [5, 5.41) is 0. The lowest BCUT2D eigenvalue weighted by molar-refractivity contribution is -0.117. The molecule has 0 aromatic carbocycles. The van der Waals surface area contributed by atoms with Crippen molar-refractivity contribution in [2.45, 2.75) is 128 Å². The summed E-state index contributed by atoms with van der Waals surface area (Å²) in [6.45, 7) is 19.1. The molecular formula is C23H46OSi2. The van der Waals surface area contributed by atoms with Crippen LogP contribution < -0.4 is 0 Å². The summed E-state index contributed by atoms with van der Waals surface area (Å²) >= 11 is 0. The van der Waals surface area contributed by atoms with Gasteiger partial charge in [-0.05, 0) is 25.7 Å². The summed E-state index contributed by atoms with van der Waals surface area (Å²) < 4.78 is 0. The van der Waals surface area contributed by atoms with Gasteiger partial charge in [0, 0.05) is 11.1 Å². The molecule has 1 aliphatic rings. The summed E-state index contributed by atoms with van der Waals surface area (Å²) in [7, 11) is -3.04. The highest BCUT2D eigenvalue weighted by Gasteiger charge is 2.50. The first-order valence-corrected chi connectivity index (χ1v) is 18.5. The Labute approximate surface area is 166 Å². The zero-order valence-corrected chi connectivity index (χ0v) is 21.1. The van der Waals surface area contributed by atoms with Crippen molar-refractivity contribution in [3.8, 4) is 0 Å². The maximum Gasteiger partial charge on any atom is 0.141 e. The van der Waals surface area contributed by atoms with Crippen LogP contribution in [0, 0.1) is 0 Å². The van der Waals surface area contributed by atoms with Crippen LogP contribution in [-0.2, 0) is 4.79 Å². The van der Waals surface area contributed by atoms with Crippen molar-refractivity contribution in [2.24, 2.45) is 0 Å². The van der Waals surface area contributed by atoms with E-state index < -0.39 is 16.1 Å². The molecule has 2 atom stereocenters. The van der Waals surface area contributed by atoms with Crippen LogP contribution in [-0.4, -0.2) is 21.9 Å². The van der Waals surface area contributed by atoms with Gasteiger partial charge in [0.25, 0.3) is 0 Å². The van der Waals surface area contributed by atoms with Crippen LogP contribution in [0.4, 0.5) is 0 Å². The predicted octanol–water partition coefficient (Wildman–Crippen LogP) is 8.22. The van der Waals surface area contributed by atoms with E-state index in [2.05, 4.69) is 53.1 Å². The van der Waals surface area contributed by atoms with Crippen molar-refractivity contribution < 1.29 is 4.79 Å². The SMILES string of the molecule is CCCCCCC1=C(CCCCCC)[C@@H]([Si](C)(C)C)C(=O)[C@H]1[Si](C)(C)C. The number of allylic oxidation sites excluding steroid dienone is 2. The summed E-state index contributed by atoms with van der Waals surface area (Å²) in [4.78, 5) is 13.6. The molecule has 1 aliphatic carbocycles. The molecule has 0 bridgehead atoms. The van der Waals surface area contributed by atoms with Crippen molar-refractivity contribution >= 4 is 21.9 Å². The van der Waals surface area contributed by atoms with E-state index in [0.29, 0.717) is 16.9 Å².